The second kappa shape index (κ2) is 4.28. The molecule has 0 unspecified atom stereocenters. The molecule has 0 saturated carbocycles. The molecule has 0 heterocycles. The fourth-order valence-corrected chi connectivity index (χ4v) is 0.380. The fourth-order valence-electron chi connectivity index (χ4n) is 0.380. The molecule has 60 valence electrons. The number of hydrogen-bond donors (Lipinski definition) is 1. The highest BCUT2D eigenvalue weighted by atomic mass is 16.5. The minimum atomic E-state index is -0.183. The third-order valence-electron chi connectivity index (χ3n) is 0.960. The summed E-state index contributed by atoms with van der Waals surface area (Å²) < 4.78 is 4.80. The lowest BCUT2D eigenvalue weighted by molar-refractivity contribution is -0.147. The Kier molecular flexibility index (Phi) is 4.03. The Bertz CT molecular complexity index is 110. The standard InChI is InChI=1S/C7H15NO2/c1-5(2)7(9)10-4-6(3)8/h5-6H,4,8H2,1-3H3/t6-/m1/s1. The third kappa shape index (κ3) is 4.32. The topological polar surface area (TPSA) is 52.3 Å². The van der Waals surface area contributed by atoms with Gasteiger partial charge >= 0.3 is 5.97 Å². The highest BCUT2D eigenvalue weighted by Gasteiger charge is 2.08. The Morgan fingerprint density at radius 2 is 2.00 bits per heavy atom. The van der Waals surface area contributed by atoms with Gasteiger partial charge in [-0.2, -0.15) is 0 Å². The molecule has 0 amide bonds. The van der Waals surface area contributed by atoms with Gasteiger partial charge in [0.15, 0.2) is 0 Å². The van der Waals surface area contributed by atoms with Gasteiger partial charge in [-0.3, -0.25) is 4.79 Å². The average Bonchev–Trinajstić information content (AvgIpc) is 1.82. The molecule has 1 atom stereocenters. The van der Waals surface area contributed by atoms with Crippen molar-refractivity contribution in [2.24, 2.45) is 11.7 Å². The van der Waals surface area contributed by atoms with Crippen molar-refractivity contribution in [3.8, 4) is 0 Å². The quantitative estimate of drug-likeness (QED) is 0.589. The van der Waals surface area contributed by atoms with E-state index in [9.17, 15) is 4.79 Å². The molecule has 10 heavy (non-hydrogen) atoms. The van der Waals surface area contributed by atoms with Crippen LogP contribution in [0, 0.1) is 5.92 Å². The summed E-state index contributed by atoms with van der Waals surface area (Å²) in [5, 5.41) is 0. The summed E-state index contributed by atoms with van der Waals surface area (Å²) in [5.41, 5.74) is 5.36. The van der Waals surface area contributed by atoms with E-state index in [-0.39, 0.29) is 17.9 Å². The van der Waals surface area contributed by atoms with Crippen LogP contribution in [0.15, 0.2) is 0 Å². The molecule has 3 heteroatoms. The number of hydrogen-bond acceptors (Lipinski definition) is 3. The maximum absolute atomic E-state index is 10.8. The van der Waals surface area contributed by atoms with E-state index >= 15 is 0 Å². The zero-order chi connectivity index (χ0) is 8.15. The van der Waals surface area contributed by atoms with Gasteiger partial charge in [-0.15, -0.1) is 0 Å². The molecular weight excluding hydrogens is 130 g/mol. The van der Waals surface area contributed by atoms with Gasteiger partial charge in [0.25, 0.3) is 0 Å². The van der Waals surface area contributed by atoms with Crippen molar-refractivity contribution in [1.82, 2.24) is 0 Å². The van der Waals surface area contributed by atoms with E-state index in [4.69, 9.17) is 10.5 Å². The molecule has 0 saturated heterocycles. The van der Waals surface area contributed by atoms with Crippen LogP contribution in [0.1, 0.15) is 20.8 Å². The molecule has 0 bridgehead atoms. The van der Waals surface area contributed by atoms with Crippen LogP contribution in [-0.2, 0) is 9.53 Å². The van der Waals surface area contributed by atoms with Crippen LogP contribution >= 0.6 is 0 Å². The zero-order valence-electron chi connectivity index (χ0n) is 6.76. The second-order valence-corrected chi connectivity index (χ2v) is 2.76. The smallest absolute Gasteiger partial charge is 0.308 e. The summed E-state index contributed by atoms with van der Waals surface area (Å²) in [6, 6.07) is -0.0669. The van der Waals surface area contributed by atoms with Crippen molar-refractivity contribution in [3.63, 3.8) is 0 Å². The van der Waals surface area contributed by atoms with Gasteiger partial charge in [0.2, 0.25) is 0 Å². The van der Waals surface area contributed by atoms with Gasteiger partial charge in [-0.05, 0) is 6.92 Å². The minimum Gasteiger partial charge on any atom is -0.464 e. The van der Waals surface area contributed by atoms with E-state index in [0.717, 1.165) is 0 Å². The average molecular weight is 145 g/mol. The predicted molar refractivity (Wildman–Crippen MR) is 39.4 cm³/mol. The maximum Gasteiger partial charge on any atom is 0.308 e. The molecule has 0 aliphatic carbocycles. The first-order valence-corrected chi connectivity index (χ1v) is 3.46. The maximum atomic E-state index is 10.8. The third-order valence-corrected chi connectivity index (χ3v) is 0.960. The minimum absolute atomic E-state index is 0.0567. The van der Waals surface area contributed by atoms with Gasteiger partial charge in [0.1, 0.15) is 6.61 Å². The van der Waals surface area contributed by atoms with Crippen LogP contribution in [0.5, 0.6) is 0 Å². The lowest BCUT2D eigenvalue weighted by Gasteiger charge is -2.08. The van der Waals surface area contributed by atoms with E-state index < -0.39 is 0 Å². The molecular formula is C7H15NO2. The van der Waals surface area contributed by atoms with E-state index in [2.05, 4.69) is 0 Å². The first-order valence-electron chi connectivity index (χ1n) is 3.46. The first kappa shape index (κ1) is 9.43. The van der Waals surface area contributed by atoms with Crippen molar-refractivity contribution in [3.05, 3.63) is 0 Å². The Hall–Kier alpha value is -0.570. The molecule has 0 rings (SSSR count). The Morgan fingerprint density at radius 1 is 1.50 bits per heavy atom. The van der Waals surface area contributed by atoms with Crippen molar-refractivity contribution in [2.45, 2.75) is 26.8 Å². The summed E-state index contributed by atoms with van der Waals surface area (Å²) in [4.78, 5) is 10.8. The number of carbonyl (C=O) groups is 1. The molecule has 0 aromatic rings. The van der Waals surface area contributed by atoms with E-state index in [1.165, 1.54) is 0 Å². The molecule has 0 aliphatic heterocycles. The Balaban J connectivity index is 3.40. The number of nitrogens with two attached hydrogens (primary N) is 1. The number of rotatable bonds is 3. The zero-order valence-corrected chi connectivity index (χ0v) is 6.76. The van der Waals surface area contributed by atoms with Crippen LogP contribution in [0.25, 0.3) is 0 Å². The van der Waals surface area contributed by atoms with E-state index in [0.29, 0.717) is 6.61 Å². The lowest BCUT2D eigenvalue weighted by Crippen LogP contribution is -2.25. The number of ether oxygens (including phenoxy) is 1. The highest BCUT2D eigenvalue weighted by molar-refractivity contribution is 5.71. The molecule has 3 nitrogen and oxygen atoms in total. The van der Waals surface area contributed by atoms with Crippen molar-refractivity contribution in [2.75, 3.05) is 6.61 Å². The van der Waals surface area contributed by atoms with Gasteiger partial charge in [-0.1, -0.05) is 13.8 Å². The van der Waals surface area contributed by atoms with Gasteiger partial charge in [0.05, 0.1) is 5.92 Å². The first-order chi connectivity index (χ1) is 4.54. The SMILES string of the molecule is CC(C)C(=O)OC[C@@H](C)N. The summed E-state index contributed by atoms with van der Waals surface area (Å²) in [6.45, 7) is 5.71. The van der Waals surface area contributed by atoms with Crippen molar-refractivity contribution < 1.29 is 9.53 Å². The van der Waals surface area contributed by atoms with Gasteiger partial charge < -0.3 is 10.5 Å². The number of carbonyl (C=O) groups excluding carboxylic acids is 1. The summed E-state index contributed by atoms with van der Waals surface area (Å²) >= 11 is 0. The molecule has 0 aliphatic rings. The van der Waals surface area contributed by atoms with Crippen LogP contribution in [0.2, 0.25) is 0 Å². The summed E-state index contributed by atoms with van der Waals surface area (Å²) in [7, 11) is 0. The Morgan fingerprint density at radius 3 is 2.30 bits per heavy atom. The van der Waals surface area contributed by atoms with Gasteiger partial charge in [-0.25, -0.2) is 0 Å². The predicted octanol–water partition coefficient (Wildman–Crippen LogP) is 0.533. The normalized spacial score (nSPS) is 13.3. The molecule has 0 radical (unpaired) electrons. The lowest BCUT2D eigenvalue weighted by atomic mass is 10.2. The molecule has 0 aromatic carbocycles. The van der Waals surface area contributed by atoms with Crippen LogP contribution in [-0.4, -0.2) is 18.6 Å². The molecule has 2 N–H and O–H groups in total. The fraction of sp³-hybridized carbons (Fsp3) is 0.857. The molecule has 0 spiro atoms. The van der Waals surface area contributed by atoms with Gasteiger partial charge in [0, 0.05) is 6.04 Å². The van der Waals surface area contributed by atoms with Crippen LogP contribution in [0.4, 0.5) is 0 Å². The monoisotopic (exact) mass is 145 g/mol. The number of esters is 1. The van der Waals surface area contributed by atoms with Crippen molar-refractivity contribution >= 4 is 5.97 Å². The van der Waals surface area contributed by atoms with Crippen LogP contribution < -0.4 is 5.73 Å². The van der Waals surface area contributed by atoms with Crippen molar-refractivity contribution in [1.29, 1.82) is 0 Å². The summed E-state index contributed by atoms with van der Waals surface area (Å²) in [5.74, 6) is -0.240. The second-order valence-electron chi connectivity index (χ2n) is 2.76. The molecule has 0 fully saturated rings. The largest absolute Gasteiger partial charge is 0.464 e. The summed E-state index contributed by atoms with van der Waals surface area (Å²) in [6.07, 6.45) is 0. The van der Waals surface area contributed by atoms with Crippen LogP contribution in [0.3, 0.4) is 0 Å². The van der Waals surface area contributed by atoms with E-state index in [1.54, 1.807) is 20.8 Å². The van der Waals surface area contributed by atoms with E-state index in [1.807, 2.05) is 0 Å². The Labute approximate surface area is 61.5 Å². The molecule has 0 aromatic heterocycles. The highest BCUT2D eigenvalue weighted by Crippen LogP contribution is 1.95.